The number of fused-ring (bicyclic) bond motifs is 1. The predicted octanol–water partition coefficient (Wildman–Crippen LogP) is 3.22. The Morgan fingerprint density at radius 3 is 2.41 bits per heavy atom. The first-order valence-electron chi connectivity index (χ1n) is 10.7. The molecule has 9 heteroatoms. The average molecular weight is 483 g/mol. The average Bonchev–Trinajstić information content (AvgIpc) is 3.01. The Labute approximate surface area is 197 Å². The van der Waals surface area contributed by atoms with Crippen molar-refractivity contribution in [2.75, 3.05) is 13.2 Å². The summed E-state index contributed by atoms with van der Waals surface area (Å²) < 4.78 is 5.49. The van der Waals surface area contributed by atoms with Crippen LogP contribution in [-0.2, 0) is 14.4 Å². The van der Waals surface area contributed by atoms with Crippen LogP contribution in [0, 0.1) is 17.8 Å². The summed E-state index contributed by atoms with van der Waals surface area (Å²) in [6.07, 6.45) is 4.19. The summed E-state index contributed by atoms with van der Waals surface area (Å²) >= 11 is 12.0. The third kappa shape index (κ3) is 5.45. The van der Waals surface area contributed by atoms with E-state index in [-0.39, 0.29) is 35.9 Å². The predicted molar refractivity (Wildman–Crippen MR) is 121 cm³/mol. The van der Waals surface area contributed by atoms with Crippen molar-refractivity contribution in [2.45, 2.75) is 45.3 Å². The molecule has 0 radical (unpaired) electrons. The molecule has 0 bridgehead atoms. The second-order valence-corrected chi connectivity index (χ2v) is 9.39. The minimum atomic E-state index is -1.02. The van der Waals surface area contributed by atoms with E-state index in [1.54, 1.807) is 18.2 Å². The molecule has 174 valence electrons. The van der Waals surface area contributed by atoms with E-state index in [9.17, 15) is 19.5 Å². The van der Waals surface area contributed by atoms with E-state index in [4.69, 9.17) is 27.9 Å². The number of allylic oxidation sites excluding steroid dienone is 2. The van der Waals surface area contributed by atoms with E-state index in [0.29, 0.717) is 30.0 Å². The molecule has 0 aromatic heterocycles. The number of likely N-dealkylation sites (tertiary alicyclic amines) is 1. The summed E-state index contributed by atoms with van der Waals surface area (Å²) in [5.41, 5.74) is 0. The standard InChI is InChI=1S/C23H28Cl2N2O5/c1-13(2)10-18(27-22(30)15-6-3-4-7-16(15)23(27)31)21(29)26-11-14(28)12-32-19-9-5-8-17(24)20(19)25/h3-5,8-9,13-16,18,28H,6-7,10-12H2,1-2H3,(H,26,29). The molecule has 1 fully saturated rings. The number of amides is 3. The first-order valence-corrected chi connectivity index (χ1v) is 11.5. The number of carbonyl (C=O) groups excluding carboxylic acids is 3. The van der Waals surface area contributed by atoms with Gasteiger partial charge in [0.15, 0.2) is 0 Å². The van der Waals surface area contributed by atoms with Crippen molar-refractivity contribution in [3.63, 3.8) is 0 Å². The summed E-state index contributed by atoms with van der Waals surface area (Å²) in [5.74, 6) is -1.41. The molecule has 4 unspecified atom stereocenters. The van der Waals surface area contributed by atoms with Crippen LogP contribution in [0.1, 0.15) is 33.1 Å². The molecule has 4 atom stereocenters. The third-order valence-corrected chi connectivity index (χ3v) is 6.51. The van der Waals surface area contributed by atoms with Crippen LogP contribution in [0.15, 0.2) is 30.4 Å². The molecule has 1 aliphatic heterocycles. The molecule has 2 aliphatic rings. The van der Waals surface area contributed by atoms with Gasteiger partial charge >= 0.3 is 0 Å². The highest BCUT2D eigenvalue weighted by Crippen LogP contribution is 2.37. The Hall–Kier alpha value is -2.09. The highest BCUT2D eigenvalue weighted by molar-refractivity contribution is 6.42. The lowest BCUT2D eigenvalue weighted by atomic mass is 9.85. The number of aliphatic hydroxyl groups is 1. The van der Waals surface area contributed by atoms with Gasteiger partial charge in [0.05, 0.1) is 16.9 Å². The van der Waals surface area contributed by atoms with E-state index < -0.39 is 29.9 Å². The molecule has 0 spiro atoms. The van der Waals surface area contributed by atoms with Gasteiger partial charge in [0, 0.05) is 6.54 Å². The second-order valence-electron chi connectivity index (χ2n) is 8.61. The normalized spacial score (nSPS) is 22.1. The van der Waals surface area contributed by atoms with Crippen LogP contribution in [0.4, 0.5) is 0 Å². The van der Waals surface area contributed by atoms with Crippen molar-refractivity contribution in [1.29, 1.82) is 0 Å². The number of nitrogens with zero attached hydrogens (tertiary/aromatic N) is 1. The van der Waals surface area contributed by atoms with Gasteiger partial charge in [0.25, 0.3) is 0 Å². The van der Waals surface area contributed by atoms with Crippen LogP contribution >= 0.6 is 23.2 Å². The van der Waals surface area contributed by atoms with Crippen LogP contribution in [0.25, 0.3) is 0 Å². The van der Waals surface area contributed by atoms with Crippen LogP contribution in [0.2, 0.25) is 10.0 Å². The minimum Gasteiger partial charge on any atom is -0.489 e. The number of aliphatic hydroxyl groups excluding tert-OH is 1. The van der Waals surface area contributed by atoms with Crippen molar-refractivity contribution >= 4 is 40.9 Å². The number of rotatable bonds is 9. The van der Waals surface area contributed by atoms with Gasteiger partial charge in [0.1, 0.15) is 29.5 Å². The van der Waals surface area contributed by atoms with Crippen LogP contribution in [-0.4, -0.2) is 53.0 Å². The van der Waals surface area contributed by atoms with E-state index in [1.807, 2.05) is 26.0 Å². The van der Waals surface area contributed by atoms with Crippen molar-refractivity contribution < 1.29 is 24.2 Å². The molecule has 3 amide bonds. The van der Waals surface area contributed by atoms with Crippen molar-refractivity contribution in [1.82, 2.24) is 10.2 Å². The van der Waals surface area contributed by atoms with Crippen molar-refractivity contribution in [3.05, 3.63) is 40.4 Å². The number of imide groups is 1. The molecule has 0 saturated carbocycles. The van der Waals surface area contributed by atoms with E-state index >= 15 is 0 Å². The SMILES string of the molecule is CC(C)CC(C(=O)NCC(O)COc1cccc(Cl)c1Cl)N1C(=O)C2CC=CCC2C1=O. The van der Waals surface area contributed by atoms with Crippen LogP contribution < -0.4 is 10.1 Å². The summed E-state index contributed by atoms with van der Waals surface area (Å²) in [4.78, 5) is 40.0. The first kappa shape index (κ1) is 24.6. The lowest BCUT2D eigenvalue weighted by Crippen LogP contribution is -2.52. The molecule has 1 aromatic rings. The summed E-state index contributed by atoms with van der Waals surface area (Å²) in [5, 5.41) is 13.5. The number of hydrogen-bond acceptors (Lipinski definition) is 5. The minimum absolute atomic E-state index is 0.0883. The maximum Gasteiger partial charge on any atom is 0.243 e. The van der Waals surface area contributed by atoms with Gasteiger partial charge < -0.3 is 15.2 Å². The number of ether oxygens (including phenoxy) is 1. The monoisotopic (exact) mass is 482 g/mol. The zero-order chi connectivity index (χ0) is 23.4. The van der Waals surface area contributed by atoms with Gasteiger partial charge in [-0.05, 0) is 37.3 Å². The zero-order valence-corrected chi connectivity index (χ0v) is 19.6. The molecular weight excluding hydrogens is 455 g/mol. The quantitative estimate of drug-likeness (QED) is 0.416. The van der Waals surface area contributed by atoms with Crippen molar-refractivity contribution in [2.24, 2.45) is 17.8 Å². The number of carbonyl (C=O) groups is 3. The fourth-order valence-corrected chi connectivity index (χ4v) is 4.43. The summed E-state index contributed by atoms with van der Waals surface area (Å²) in [7, 11) is 0. The molecule has 2 N–H and O–H groups in total. The Balaban J connectivity index is 1.61. The Bertz CT molecular complexity index is 878. The molecule has 3 rings (SSSR count). The fraction of sp³-hybridized carbons (Fsp3) is 0.522. The Morgan fingerprint density at radius 1 is 1.19 bits per heavy atom. The lowest BCUT2D eigenvalue weighted by Gasteiger charge is -2.27. The molecule has 1 saturated heterocycles. The maximum absolute atomic E-state index is 13.0. The molecule has 1 heterocycles. The highest BCUT2D eigenvalue weighted by Gasteiger charge is 2.51. The Kier molecular flexibility index (Phi) is 8.20. The van der Waals surface area contributed by atoms with Gasteiger partial charge in [-0.15, -0.1) is 0 Å². The largest absolute Gasteiger partial charge is 0.489 e. The number of nitrogens with one attached hydrogen (secondary N) is 1. The number of hydrogen-bond donors (Lipinski definition) is 2. The van der Waals surface area contributed by atoms with Crippen LogP contribution in [0.3, 0.4) is 0 Å². The maximum atomic E-state index is 13.0. The summed E-state index contributed by atoms with van der Waals surface area (Å²) in [6.45, 7) is 3.64. The third-order valence-electron chi connectivity index (χ3n) is 5.71. The van der Waals surface area contributed by atoms with Crippen molar-refractivity contribution in [3.8, 4) is 5.75 Å². The van der Waals surface area contributed by atoms with E-state index in [1.165, 1.54) is 0 Å². The fourth-order valence-electron chi connectivity index (χ4n) is 4.09. The van der Waals surface area contributed by atoms with Gasteiger partial charge in [-0.2, -0.15) is 0 Å². The number of halogens is 2. The molecule has 1 aromatic carbocycles. The summed E-state index contributed by atoms with van der Waals surface area (Å²) in [6, 6.07) is 4.01. The smallest absolute Gasteiger partial charge is 0.243 e. The molecule has 32 heavy (non-hydrogen) atoms. The molecule has 7 nitrogen and oxygen atoms in total. The van der Waals surface area contributed by atoms with Gasteiger partial charge in [-0.25, -0.2) is 0 Å². The van der Waals surface area contributed by atoms with E-state index in [0.717, 1.165) is 4.90 Å². The first-order chi connectivity index (χ1) is 15.2. The molecular formula is C23H28Cl2N2O5. The van der Waals surface area contributed by atoms with Crippen LogP contribution in [0.5, 0.6) is 5.75 Å². The zero-order valence-electron chi connectivity index (χ0n) is 18.1. The second kappa shape index (κ2) is 10.7. The van der Waals surface area contributed by atoms with Gasteiger partial charge in [0.2, 0.25) is 17.7 Å². The van der Waals surface area contributed by atoms with Gasteiger partial charge in [-0.3, -0.25) is 19.3 Å². The van der Waals surface area contributed by atoms with E-state index in [2.05, 4.69) is 5.32 Å². The topological polar surface area (TPSA) is 95.9 Å². The van der Waals surface area contributed by atoms with Gasteiger partial charge in [-0.1, -0.05) is 55.3 Å². The number of benzene rings is 1. The lowest BCUT2D eigenvalue weighted by molar-refractivity contribution is -0.148. The molecule has 1 aliphatic carbocycles. The Morgan fingerprint density at radius 2 is 1.81 bits per heavy atom. The highest BCUT2D eigenvalue weighted by atomic mass is 35.5.